The van der Waals surface area contributed by atoms with Crippen LogP contribution in [0.1, 0.15) is 25.0 Å². The van der Waals surface area contributed by atoms with E-state index in [1.807, 2.05) is 38.1 Å². The van der Waals surface area contributed by atoms with E-state index >= 15 is 0 Å². The van der Waals surface area contributed by atoms with Crippen LogP contribution in [0.25, 0.3) is 10.9 Å². The fourth-order valence-corrected chi connectivity index (χ4v) is 3.33. The van der Waals surface area contributed by atoms with Crippen molar-refractivity contribution in [3.8, 4) is 5.75 Å². The fourth-order valence-electron chi connectivity index (χ4n) is 3.33. The number of methoxy groups -OCH3 is 1. The molecule has 2 aromatic carbocycles. The number of hydrogen-bond acceptors (Lipinski definition) is 7. The average Bonchev–Trinajstić information content (AvgIpc) is 3.25. The number of nitro benzene ring substituents is 1. The van der Waals surface area contributed by atoms with Crippen LogP contribution in [0.3, 0.4) is 0 Å². The van der Waals surface area contributed by atoms with E-state index in [0.717, 1.165) is 16.5 Å². The zero-order valence-electron chi connectivity index (χ0n) is 19.6. The summed E-state index contributed by atoms with van der Waals surface area (Å²) in [4.78, 5) is 39.0. The first-order valence-corrected chi connectivity index (χ1v) is 10.9. The average molecular weight is 482 g/mol. The number of carbonyl (C=O) groups excluding carboxylic acids is 2. The van der Waals surface area contributed by atoms with Gasteiger partial charge in [-0.05, 0) is 29.7 Å². The van der Waals surface area contributed by atoms with Gasteiger partial charge in [-0.3, -0.25) is 14.9 Å². The Hall–Kier alpha value is -4.41. The van der Waals surface area contributed by atoms with E-state index in [-0.39, 0.29) is 30.4 Å². The number of para-hydroxylation sites is 1. The van der Waals surface area contributed by atoms with Crippen molar-refractivity contribution >= 4 is 34.8 Å². The molecule has 11 nitrogen and oxygen atoms in total. The van der Waals surface area contributed by atoms with Gasteiger partial charge in [0.05, 0.1) is 24.9 Å². The predicted molar refractivity (Wildman–Crippen MR) is 130 cm³/mol. The minimum absolute atomic E-state index is 0.110. The number of hydrogen-bond donors (Lipinski definition) is 3. The Morgan fingerprint density at radius 2 is 2.00 bits per heavy atom. The van der Waals surface area contributed by atoms with Gasteiger partial charge in [-0.2, -0.15) is 5.10 Å². The summed E-state index contributed by atoms with van der Waals surface area (Å²) in [5.41, 5.74) is 4.28. The van der Waals surface area contributed by atoms with Gasteiger partial charge >= 0.3 is 11.8 Å². The van der Waals surface area contributed by atoms with Crippen LogP contribution in [0.15, 0.2) is 53.8 Å². The number of rotatable bonds is 10. The summed E-state index contributed by atoms with van der Waals surface area (Å²) >= 11 is 0. The summed E-state index contributed by atoms with van der Waals surface area (Å²) in [7, 11) is 1.34. The summed E-state index contributed by atoms with van der Waals surface area (Å²) in [5.74, 6) is -0.324. The van der Waals surface area contributed by atoms with Crippen LogP contribution in [-0.2, 0) is 16.0 Å². The molecule has 0 aliphatic rings. The van der Waals surface area contributed by atoms with Crippen molar-refractivity contribution in [3.63, 3.8) is 0 Å². The van der Waals surface area contributed by atoms with Crippen molar-refractivity contribution in [1.29, 1.82) is 0 Å². The molecule has 0 aliphatic heterocycles. The molecule has 1 atom stereocenters. The van der Waals surface area contributed by atoms with Crippen LogP contribution < -0.4 is 15.5 Å². The summed E-state index contributed by atoms with van der Waals surface area (Å²) in [5, 5.41) is 18.6. The molecule has 3 aromatic rings. The first kappa shape index (κ1) is 25.2. The molecule has 0 aliphatic carbocycles. The number of aromatic nitrogens is 1. The van der Waals surface area contributed by atoms with E-state index in [1.54, 1.807) is 12.3 Å². The first-order valence-electron chi connectivity index (χ1n) is 10.9. The Labute approximate surface area is 201 Å². The van der Waals surface area contributed by atoms with Crippen molar-refractivity contribution < 1.29 is 24.0 Å². The van der Waals surface area contributed by atoms with Crippen molar-refractivity contribution in [1.82, 2.24) is 15.7 Å². The Balaban J connectivity index is 1.75. The van der Waals surface area contributed by atoms with Gasteiger partial charge in [0.25, 0.3) is 5.91 Å². The summed E-state index contributed by atoms with van der Waals surface area (Å²) < 4.78 is 10.1. The molecule has 3 rings (SSSR count). The van der Waals surface area contributed by atoms with Gasteiger partial charge in [-0.25, -0.2) is 10.2 Å². The third-order valence-corrected chi connectivity index (χ3v) is 5.04. The number of amides is 2. The quantitative estimate of drug-likeness (QED) is 0.229. The van der Waals surface area contributed by atoms with Gasteiger partial charge in [0.15, 0.2) is 5.75 Å². The van der Waals surface area contributed by atoms with Crippen LogP contribution in [-0.4, -0.2) is 47.9 Å². The number of nitro groups is 1. The SMILES string of the molecule is COc1ccc(/C=N\NC(=O)C(Cc2c[nH]c3ccccc23)NC(=O)OCC(C)C)cc1[N+](=O)[O-]. The number of ether oxygens (including phenoxy) is 2. The molecule has 0 saturated heterocycles. The number of hydrazone groups is 1. The molecule has 0 saturated carbocycles. The number of alkyl carbamates (subject to hydrolysis) is 1. The molecule has 35 heavy (non-hydrogen) atoms. The first-order chi connectivity index (χ1) is 16.8. The molecule has 0 spiro atoms. The topological polar surface area (TPSA) is 148 Å². The van der Waals surface area contributed by atoms with Crippen LogP contribution in [0.4, 0.5) is 10.5 Å². The van der Waals surface area contributed by atoms with Gasteiger partial charge < -0.3 is 19.8 Å². The van der Waals surface area contributed by atoms with Gasteiger partial charge in [0, 0.05) is 35.2 Å². The van der Waals surface area contributed by atoms with E-state index in [2.05, 4.69) is 20.8 Å². The highest BCUT2D eigenvalue weighted by Gasteiger charge is 2.23. The van der Waals surface area contributed by atoms with Crippen molar-refractivity contribution in [2.24, 2.45) is 11.0 Å². The number of nitrogens with one attached hydrogen (secondary N) is 3. The van der Waals surface area contributed by atoms with E-state index in [9.17, 15) is 19.7 Å². The van der Waals surface area contributed by atoms with Crippen LogP contribution in [0.2, 0.25) is 0 Å². The Morgan fingerprint density at radius 1 is 1.23 bits per heavy atom. The van der Waals surface area contributed by atoms with Gasteiger partial charge in [-0.15, -0.1) is 0 Å². The number of benzene rings is 2. The second-order valence-electron chi connectivity index (χ2n) is 8.18. The monoisotopic (exact) mass is 481 g/mol. The standard InChI is InChI=1S/C24H27N5O6/c1-15(2)14-35-24(31)27-20(11-17-13-25-19-7-5-4-6-18(17)19)23(30)28-26-12-16-8-9-22(34-3)21(10-16)29(32)33/h4-10,12-13,15,20,25H,11,14H2,1-3H3,(H,27,31)(H,28,30)/b26-12-. The molecular formula is C24H27N5O6. The summed E-state index contributed by atoms with van der Waals surface area (Å²) in [6.07, 6.45) is 2.53. The number of carbonyl (C=O) groups is 2. The lowest BCUT2D eigenvalue weighted by molar-refractivity contribution is -0.385. The maximum atomic E-state index is 12.9. The number of H-pyrrole nitrogens is 1. The molecule has 0 fully saturated rings. The van der Waals surface area contributed by atoms with E-state index in [4.69, 9.17) is 9.47 Å². The lowest BCUT2D eigenvalue weighted by Gasteiger charge is -2.17. The van der Waals surface area contributed by atoms with Crippen molar-refractivity contribution in [2.75, 3.05) is 13.7 Å². The normalized spacial score (nSPS) is 12.0. The zero-order chi connectivity index (χ0) is 25.4. The molecular weight excluding hydrogens is 454 g/mol. The third kappa shape index (κ3) is 6.79. The minimum atomic E-state index is -0.976. The Kier molecular flexibility index (Phi) is 8.38. The summed E-state index contributed by atoms with van der Waals surface area (Å²) in [6.45, 7) is 4.02. The number of fused-ring (bicyclic) bond motifs is 1. The van der Waals surface area contributed by atoms with Gasteiger partial charge in [-0.1, -0.05) is 32.0 Å². The minimum Gasteiger partial charge on any atom is -0.490 e. The van der Waals surface area contributed by atoms with Gasteiger partial charge in [0.2, 0.25) is 0 Å². The van der Waals surface area contributed by atoms with Crippen LogP contribution >= 0.6 is 0 Å². The largest absolute Gasteiger partial charge is 0.490 e. The highest BCUT2D eigenvalue weighted by atomic mass is 16.6. The number of nitrogens with zero attached hydrogens (tertiary/aromatic N) is 2. The van der Waals surface area contributed by atoms with E-state index in [0.29, 0.717) is 5.56 Å². The maximum Gasteiger partial charge on any atom is 0.407 e. The van der Waals surface area contributed by atoms with Crippen LogP contribution in [0, 0.1) is 16.0 Å². The molecule has 0 radical (unpaired) electrons. The molecule has 0 bridgehead atoms. The lowest BCUT2D eigenvalue weighted by Crippen LogP contribution is -2.47. The molecule has 184 valence electrons. The second-order valence-corrected chi connectivity index (χ2v) is 8.18. The smallest absolute Gasteiger partial charge is 0.407 e. The second kappa shape index (κ2) is 11.6. The fraction of sp³-hybridized carbons (Fsp3) is 0.292. The molecule has 3 N–H and O–H groups in total. The van der Waals surface area contributed by atoms with Gasteiger partial charge in [0.1, 0.15) is 6.04 Å². The van der Waals surface area contributed by atoms with E-state index < -0.39 is 23.0 Å². The van der Waals surface area contributed by atoms with Crippen molar-refractivity contribution in [3.05, 3.63) is 69.9 Å². The molecule has 1 heterocycles. The Bertz CT molecular complexity index is 1240. The number of aromatic amines is 1. The maximum absolute atomic E-state index is 12.9. The summed E-state index contributed by atoms with van der Waals surface area (Å²) in [6, 6.07) is 10.9. The highest BCUT2D eigenvalue weighted by Crippen LogP contribution is 2.26. The highest BCUT2D eigenvalue weighted by molar-refractivity contribution is 5.89. The van der Waals surface area contributed by atoms with E-state index in [1.165, 1.54) is 25.5 Å². The molecule has 11 heteroatoms. The zero-order valence-corrected chi connectivity index (χ0v) is 19.6. The van der Waals surface area contributed by atoms with Crippen LogP contribution in [0.5, 0.6) is 5.75 Å². The van der Waals surface area contributed by atoms with Crippen molar-refractivity contribution in [2.45, 2.75) is 26.3 Å². The predicted octanol–water partition coefficient (Wildman–Crippen LogP) is 3.53. The molecule has 2 amide bonds. The lowest BCUT2D eigenvalue weighted by atomic mass is 10.0. The molecule has 1 aromatic heterocycles. The third-order valence-electron chi connectivity index (χ3n) is 5.04. The Morgan fingerprint density at radius 3 is 2.71 bits per heavy atom. The molecule has 1 unspecified atom stereocenters.